The first kappa shape index (κ1) is 10.9. The maximum Gasteiger partial charge on any atom is 0.130 e. The molecule has 0 N–H and O–H groups in total. The minimum Gasteiger partial charge on any atom is -0.377 e. The van der Waals surface area contributed by atoms with Crippen LogP contribution in [-0.4, -0.2) is 30.8 Å². The molecule has 1 aromatic heterocycles. The Hall–Kier alpha value is -0.610. The van der Waals surface area contributed by atoms with E-state index in [0.717, 1.165) is 36.6 Å². The van der Waals surface area contributed by atoms with Crippen molar-refractivity contribution in [3.8, 4) is 0 Å². The van der Waals surface area contributed by atoms with E-state index in [-0.39, 0.29) is 0 Å². The summed E-state index contributed by atoms with van der Waals surface area (Å²) in [4.78, 5) is 6.81. The Labute approximate surface area is 98.6 Å². The van der Waals surface area contributed by atoms with Gasteiger partial charge in [0.2, 0.25) is 0 Å². The van der Waals surface area contributed by atoms with E-state index < -0.39 is 0 Å². The summed E-state index contributed by atoms with van der Waals surface area (Å²) in [7, 11) is 0. The summed E-state index contributed by atoms with van der Waals surface area (Å²) < 4.78 is 6.36. The van der Waals surface area contributed by atoms with Crippen molar-refractivity contribution in [2.75, 3.05) is 24.7 Å². The summed E-state index contributed by atoms with van der Waals surface area (Å²) in [6.45, 7) is 4.72. The number of nitrogens with zero attached hydrogens (tertiary/aromatic N) is 2. The number of hydrogen-bond acceptors (Lipinski definition) is 3. The number of aromatic nitrogens is 1. The molecule has 4 heteroatoms. The van der Waals surface area contributed by atoms with Crippen LogP contribution in [0.2, 0.25) is 0 Å². The number of ether oxygens (including phenoxy) is 1. The summed E-state index contributed by atoms with van der Waals surface area (Å²) >= 11 is 3.40. The van der Waals surface area contributed by atoms with Gasteiger partial charge in [-0.15, -0.1) is 0 Å². The molecule has 0 bridgehead atoms. The van der Waals surface area contributed by atoms with E-state index in [1.807, 2.05) is 12.1 Å². The second-order valence-corrected chi connectivity index (χ2v) is 4.46. The largest absolute Gasteiger partial charge is 0.377 e. The summed E-state index contributed by atoms with van der Waals surface area (Å²) in [5.41, 5.74) is 0. The lowest BCUT2D eigenvalue weighted by molar-refractivity contribution is 0.0925. The van der Waals surface area contributed by atoms with Gasteiger partial charge in [0.15, 0.2) is 0 Å². The van der Waals surface area contributed by atoms with Crippen LogP contribution >= 0.6 is 15.9 Å². The Kier molecular flexibility index (Phi) is 3.59. The second-order valence-electron chi connectivity index (χ2n) is 3.65. The summed E-state index contributed by atoms with van der Waals surface area (Å²) in [6, 6.07) is 6.48. The number of anilines is 1. The van der Waals surface area contributed by atoms with Crippen LogP contribution in [0.1, 0.15) is 13.3 Å². The third-order valence-electron chi connectivity index (χ3n) is 2.69. The van der Waals surface area contributed by atoms with Gasteiger partial charge >= 0.3 is 0 Å². The lowest BCUT2D eigenvalue weighted by Gasteiger charge is -2.36. The van der Waals surface area contributed by atoms with Gasteiger partial charge in [-0.25, -0.2) is 4.98 Å². The van der Waals surface area contributed by atoms with Gasteiger partial charge < -0.3 is 9.64 Å². The van der Waals surface area contributed by atoms with Gasteiger partial charge in [0.1, 0.15) is 10.4 Å². The van der Waals surface area contributed by atoms with E-state index in [4.69, 9.17) is 4.74 Å². The summed E-state index contributed by atoms with van der Waals surface area (Å²) in [6.07, 6.45) is 1.09. The van der Waals surface area contributed by atoms with Crippen molar-refractivity contribution in [1.29, 1.82) is 0 Å². The van der Waals surface area contributed by atoms with Crippen LogP contribution in [-0.2, 0) is 4.74 Å². The van der Waals surface area contributed by atoms with Crippen LogP contribution in [0.3, 0.4) is 0 Å². The predicted octanol–water partition coefficient (Wildman–Crippen LogP) is 2.46. The quantitative estimate of drug-likeness (QED) is 0.773. The molecule has 0 aliphatic carbocycles. The molecule has 15 heavy (non-hydrogen) atoms. The van der Waals surface area contributed by atoms with E-state index in [2.05, 4.69) is 38.8 Å². The van der Waals surface area contributed by atoms with Crippen molar-refractivity contribution in [3.63, 3.8) is 0 Å². The lowest BCUT2D eigenvalue weighted by Crippen LogP contribution is -2.45. The zero-order chi connectivity index (χ0) is 10.7. The molecule has 2 rings (SSSR count). The predicted molar refractivity (Wildman–Crippen MR) is 64.2 cm³/mol. The molecular formula is C11H15BrN2O. The zero-order valence-electron chi connectivity index (χ0n) is 8.82. The van der Waals surface area contributed by atoms with Gasteiger partial charge in [-0.2, -0.15) is 0 Å². The maximum atomic E-state index is 5.47. The lowest BCUT2D eigenvalue weighted by atomic mass is 10.2. The Morgan fingerprint density at radius 1 is 1.60 bits per heavy atom. The van der Waals surface area contributed by atoms with E-state index in [1.54, 1.807) is 0 Å². The summed E-state index contributed by atoms with van der Waals surface area (Å²) in [5, 5.41) is 0. The zero-order valence-corrected chi connectivity index (χ0v) is 10.4. The topological polar surface area (TPSA) is 25.4 Å². The molecule has 1 aliphatic rings. The van der Waals surface area contributed by atoms with Crippen LogP contribution in [0, 0.1) is 0 Å². The molecule has 1 aliphatic heterocycles. The number of hydrogen-bond donors (Lipinski definition) is 0. The molecule has 1 fully saturated rings. The number of pyridine rings is 1. The Bertz CT molecular complexity index is 332. The first-order valence-electron chi connectivity index (χ1n) is 5.28. The molecule has 1 atom stereocenters. The van der Waals surface area contributed by atoms with Gasteiger partial charge in [0.05, 0.1) is 19.3 Å². The van der Waals surface area contributed by atoms with Gasteiger partial charge in [-0.1, -0.05) is 13.0 Å². The normalized spacial score (nSPS) is 21.7. The van der Waals surface area contributed by atoms with Crippen LogP contribution in [0.4, 0.5) is 5.82 Å². The molecule has 2 heterocycles. The number of rotatable bonds is 2. The highest BCUT2D eigenvalue weighted by Crippen LogP contribution is 2.20. The fourth-order valence-electron chi connectivity index (χ4n) is 1.85. The first-order chi connectivity index (χ1) is 7.31. The van der Waals surface area contributed by atoms with Crippen molar-refractivity contribution in [2.45, 2.75) is 19.4 Å². The Balaban J connectivity index is 2.20. The molecule has 0 saturated carbocycles. The average molecular weight is 271 g/mol. The smallest absolute Gasteiger partial charge is 0.130 e. The molecular weight excluding hydrogens is 256 g/mol. The molecule has 82 valence electrons. The minimum atomic E-state index is 0.459. The third kappa shape index (κ3) is 2.49. The molecule has 0 amide bonds. The highest BCUT2D eigenvalue weighted by atomic mass is 79.9. The SMILES string of the molecule is CCC1COCCN1c1cccc(Br)n1. The van der Waals surface area contributed by atoms with Crippen LogP contribution < -0.4 is 4.90 Å². The standard InChI is InChI=1S/C11H15BrN2O/c1-2-9-8-15-7-6-14(9)11-5-3-4-10(12)13-11/h3-5,9H,2,6-8H2,1H3. The summed E-state index contributed by atoms with van der Waals surface area (Å²) in [5.74, 6) is 1.04. The van der Waals surface area contributed by atoms with E-state index in [9.17, 15) is 0 Å². The highest BCUT2D eigenvalue weighted by molar-refractivity contribution is 9.10. The minimum absolute atomic E-state index is 0.459. The van der Waals surface area contributed by atoms with Crippen molar-refractivity contribution in [2.24, 2.45) is 0 Å². The monoisotopic (exact) mass is 270 g/mol. The van der Waals surface area contributed by atoms with Gasteiger partial charge in [0, 0.05) is 6.54 Å². The van der Waals surface area contributed by atoms with Gasteiger partial charge in [0.25, 0.3) is 0 Å². The molecule has 0 radical (unpaired) electrons. The van der Waals surface area contributed by atoms with E-state index >= 15 is 0 Å². The molecule has 0 spiro atoms. The Morgan fingerprint density at radius 2 is 2.47 bits per heavy atom. The van der Waals surface area contributed by atoms with Crippen LogP contribution in [0.15, 0.2) is 22.8 Å². The first-order valence-corrected chi connectivity index (χ1v) is 6.07. The van der Waals surface area contributed by atoms with Crippen LogP contribution in [0.25, 0.3) is 0 Å². The van der Waals surface area contributed by atoms with Crippen LogP contribution in [0.5, 0.6) is 0 Å². The van der Waals surface area contributed by atoms with E-state index in [0.29, 0.717) is 6.04 Å². The molecule has 0 aromatic carbocycles. The van der Waals surface area contributed by atoms with Crippen molar-refractivity contribution in [3.05, 3.63) is 22.8 Å². The van der Waals surface area contributed by atoms with E-state index in [1.165, 1.54) is 0 Å². The van der Waals surface area contributed by atoms with Crippen molar-refractivity contribution < 1.29 is 4.74 Å². The fourth-order valence-corrected chi connectivity index (χ4v) is 2.19. The molecule has 1 saturated heterocycles. The second kappa shape index (κ2) is 4.94. The third-order valence-corrected chi connectivity index (χ3v) is 3.14. The van der Waals surface area contributed by atoms with Crippen molar-refractivity contribution in [1.82, 2.24) is 4.98 Å². The highest BCUT2D eigenvalue weighted by Gasteiger charge is 2.22. The van der Waals surface area contributed by atoms with Gasteiger partial charge in [-0.05, 0) is 34.5 Å². The maximum absolute atomic E-state index is 5.47. The molecule has 3 nitrogen and oxygen atoms in total. The fraction of sp³-hybridized carbons (Fsp3) is 0.545. The molecule has 1 aromatic rings. The number of morpholine rings is 1. The molecule has 1 unspecified atom stereocenters. The van der Waals surface area contributed by atoms with Gasteiger partial charge in [-0.3, -0.25) is 0 Å². The Morgan fingerprint density at radius 3 is 3.20 bits per heavy atom. The van der Waals surface area contributed by atoms with Crippen molar-refractivity contribution >= 4 is 21.7 Å². The average Bonchev–Trinajstić information content (AvgIpc) is 2.29. The number of halogens is 1.